The van der Waals surface area contributed by atoms with Crippen LogP contribution < -0.4 is 4.90 Å². The molecule has 0 spiro atoms. The maximum absolute atomic E-state index is 13.5. The van der Waals surface area contributed by atoms with Gasteiger partial charge in [-0.05, 0) is 36.4 Å². The van der Waals surface area contributed by atoms with Crippen molar-refractivity contribution in [2.24, 2.45) is 0 Å². The molecule has 2 aromatic heterocycles. The highest BCUT2D eigenvalue weighted by molar-refractivity contribution is 6.07. The maximum Gasteiger partial charge on any atom is 0.417 e. The van der Waals surface area contributed by atoms with Crippen LogP contribution in [0.4, 0.5) is 18.9 Å². The zero-order valence-corrected chi connectivity index (χ0v) is 15.2. The average molecular weight is 395 g/mol. The van der Waals surface area contributed by atoms with Gasteiger partial charge in [0, 0.05) is 11.9 Å². The van der Waals surface area contributed by atoms with Crippen LogP contribution in [0.3, 0.4) is 0 Å². The third-order valence-electron chi connectivity index (χ3n) is 4.59. The van der Waals surface area contributed by atoms with Gasteiger partial charge in [-0.15, -0.1) is 0 Å². The molecule has 2 aromatic carbocycles. The second-order valence-electron chi connectivity index (χ2n) is 6.45. The number of pyridine rings is 1. The lowest BCUT2D eigenvalue weighted by Gasteiger charge is -2.24. The van der Waals surface area contributed by atoms with Crippen LogP contribution in [0.15, 0.2) is 85.2 Å². The number of rotatable bonds is 4. The van der Waals surface area contributed by atoms with Crippen molar-refractivity contribution >= 4 is 17.2 Å². The van der Waals surface area contributed by atoms with Crippen LogP contribution >= 0.6 is 0 Å². The number of anilines is 1. The number of benzene rings is 2. The van der Waals surface area contributed by atoms with Crippen molar-refractivity contribution < 1.29 is 18.0 Å². The number of carbonyl (C=O) groups excluding carboxylic acids is 1. The van der Waals surface area contributed by atoms with Gasteiger partial charge in [0.1, 0.15) is 5.65 Å². The second kappa shape index (κ2) is 7.43. The van der Waals surface area contributed by atoms with Crippen LogP contribution in [0.25, 0.3) is 5.65 Å². The number of hydrogen-bond donors (Lipinski definition) is 0. The van der Waals surface area contributed by atoms with Gasteiger partial charge >= 0.3 is 6.18 Å². The highest BCUT2D eigenvalue weighted by Gasteiger charge is 2.36. The topological polar surface area (TPSA) is 37.6 Å². The van der Waals surface area contributed by atoms with Gasteiger partial charge in [-0.25, -0.2) is 4.98 Å². The van der Waals surface area contributed by atoms with Crippen molar-refractivity contribution in [2.45, 2.75) is 12.7 Å². The zero-order chi connectivity index (χ0) is 20.4. The largest absolute Gasteiger partial charge is 0.417 e. The highest BCUT2D eigenvalue weighted by atomic mass is 19.4. The molecular weight excluding hydrogens is 379 g/mol. The van der Waals surface area contributed by atoms with E-state index in [0.717, 1.165) is 6.07 Å². The average Bonchev–Trinajstić information content (AvgIpc) is 3.14. The fourth-order valence-electron chi connectivity index (χ4n) is 3.21. The number of para-hydroxylation sites is 1. The molecule has 2 heterocycles. The maximum atomic E-state index is 13.5. The predicted molar refractivity (Wildman–Crippen MR) is 104 cm³/mol. The van der Waals surface area contributed by atoms with Gasteiger partial charge in [-0.2, -0.15) is 13.2 Å². The molecule has 0 aliphatic heterocycles. The molecule has 0 atom stereocenters. The van der Waals surface area contributed by atoms with E-state index in [2.05, 4.69) is 4.98 Å². The van der Waals surface area contributed by atoms with Crippen molar-refractivity contribution in [3.05, 3.63) is 102 Å². The molecule has 0 aliphatic carbocycles. The first-order valence-electron chi connectivity index (χ1n) is 8.89. The number of alkyl halides is 3. The minimum Gasteiger partial charge on any atom is -0.302 e. The first-order valence-corrected chi connectivity index (χ1v) is 8.89. The number of carbonyl (C=O) groups is 1. The van der Waals surface area contributed by atoms with E-state index in [0.29, 0.717) is 17.0 Å². The molecule has 0 bridgehead atoms. The predicted octanol–water partition coefficient (Wildman–Crippen LogP) is 5.20. The van der Waals surface area contributed by atoms with E-state index in [-0.39, 0.29) is 6.54 Å². The molecule has 4 nitrogen and oxygen atoms in total. The summed E-state index contributed by atoms with van der Waals surface area (Å²) in [5.41, 5.74) is 0.531. The second-order valence-corrected chi connectivity index (χ2v) is 6.45. The van der Waals surface area contributed by atoms with E-state index in [1.807, 2.05) is 18.2 Å². The van der Waals surface area contributed by atoms with E-state index in [9.17, 15) is 18.0 Å². The van der Waals surface area contributed by atoms with Gasteiger partial charge in [0.2, 0.25) is 0 Å². The Balaban J connectivity index is 1.79. The van der Waals surface area contributed by atoms with Crippen molar-refractivity contribution in [2.75, 3.05) is 4.90 Å². The Bertz CT molecular complexity index is 1150. The standard InChI is InChI=1S/C22H16F3N3O/c23-22(24,25)19-11-5-4-10-18(19)21(29)28(16-8-2-1-3-9-16)15-17-14-26-20-12-6-7-13-27(17)20/h1-14H,15H2. The molecule has 4 aromatic rings. The lowest BCUT2D eigenvalue weighted by molar-refractivity contribution is -0.137. The van der Waals surface area contributed by atoms with E-state index < -0.39 is 23.2 Å². The quantitative estimate of drug-likeness (QED) is 0.476. The molecular formula is C22H16F3N3O. The molecule has 7 heteroatoms. The van der Waals surface area contributed by atoms with Crippen LogP contribution in [-0.2, 0) is 12.7 Å². The number of aromatic nitrogens is 2. The fourth-order valence-corrected chi connectivity index (χ4v) is 3.21. The van der Waals surface area contributed by atoms with Gasteiger partial charge in [-0.3, -0.25) is 4.79 Å². The number of amides is 1. The van der Waals surface area contributed by atoms with Gasteiger partial charge in [0.15, 0.2) is 0 Å². The summed E-state index contributed by atoms with van der Waals surface area (Å²) in [7, 11) is 0. The zero-order valence-electron chi connectivity index (χ0n) is 15.2. The van der Waals surface area contributed by atoms with Crippen molar-refractivity contribution in [1.82, 2.24) is 9.38 Å². The molecule has 0 N–H and O–H groups in total. The van der Waals surface area contributed by atoms with Crippen molar-refractivity contribution in [1.29, 1.82) is 0 Å². The number of fused-ring (bicyclic) bond motifs is 1. The third kappa shape index (κ3) is 3.71. The van der Waals surface area contributed by atoms with Crippen LogP contribution in [0.2, 0.25) is 0 Å². The first-order chi connectivity index (χ1) is 13.9. The summed E-state index contributed by atoms with van der Waals surface area (Å²) in [4.78, 5) is 18.9. The minimum atomic E-state index is -4.63. The fraction of sp³-hybridized carbons (Fsp3) is 0.0909. The lowest BCUT2D eigenvalue weighted by atomic mass is 10.1. The van der Waals surface area contributed by atoms with Crippen LogP contribution in [0, 0.1) is 0 Å². The summed E-state index contributed by atoms with van der Waals surface area (Å²) in [6, 6.07) is 18.9. The van der Waals surface area contributed by atoms with Crippen molar-refractivity contribution in [3.63, 3.8) is 0 Å². The molecule has 1 amide bonds. The summed E-state index contributed by atoms with van der Waals surface area (Å²) >= 11 is 0. The molecule has 0 unspecified atom stereocenters. The Morgan fingerprint density at radius 1 is 0.931 bits per heavy atom. The summed E-state index contributed by atoms with van der Waals surface area (Å²) in [6.07, 6.45) is -1.21. The molecule has 29 heavy (non-hydrogen) atoms. The Morgan fingerprint density at radius 2 is 1.62 bits per heavy atom. The number of nitrogens with zero attached hydrogens (tertiary/aromatic N) is 3. The number of halogens is 3. The van der Waals surface area contributed by atoms with Crippen LogP contribution in [0.5, 0.6) is 0 Å². The third-order valence-corrected chi connectivity index (χ3v) is 4.59. The van der Waals surface area contributed by atoms with Gasteiger partial charge in [-0.1, -0.05) is 36.4 Å². The summed E-state index contributed by atoms with van der Waals surface area (Å²) in [6.45, 7) is 0.0697. The SMILES string of the molecule is O=C(c1ccccc1C(F)(F)F)N(Cc1cnc2ccccn12)c1ccccc1. The number of imidazole rings is 1. The normalized spacial score (nSPS) is 11.6. The molecule has 0 saturated heterocycles. The Labute approximate surface area is 164 Å². The smallest absolute Gasteiger partial charge is 0.302 e. The molecule has 0 fully saturated rings. The highest BCUT2D eigenvalue weighted by Crippen LogP contribution is 2.33. The van der Waals surface area contributed by atoms with E-state index in [1.54, 1.807) is 47.1 Å². The molecule has 0 aliphatic rings. The molecule has 4 rings (SSSR count). The minimum absolute atomic E-state index is 0.0697. The first kappa shape index (κ1) is 18.7. The van der Waals surface area contributed by atoms with Gasteiger partial charge in [0.05, 0.1) is 29.6 Å². The number of hydrogen-bond acceptors (Lipinski definition) is 2. The van der Waals surface area contributed by atoms with E-state index in [4.69, 9.17) is 0 Å². The summed E-state index contributed by atoms with van der Waals surface area (Å²) in [5, 5.41) is 0. The van der Waals surface area contributed by atoms with Crippen molar-refractivity contribution in [3.8, 4) is 0 Å². The monoisotopic (exact) mass is 395 g/mol. The van der Waals surface area contributed by atoms with E-state index >= 15 is 0 Å². The summed E-state index contributed by atoms with van der Waals surface area (Å²) < 4.78 is 42.2. The van der Waals surface area contributed by atoms with Crippen LogP contribution in [0.1, 0.15) is 21.6 Å². The Kier molecular flexibility index (Phi) is 4.80. The molecule has 0 saturated carbocycles. The lowest BCUT2D eigenvalue weighted by Crippen LogP contribution is -2.32. The molecule has 146 valence electrons. The Morgan fingerprint density at radius 3 is 2.38 bits per heavy atom. The molecule has 0 radical (unpaired) electrons. The van der Waals surface area contributed by atoms with E-state index in [1.165, 1.54) is 23.1 Å². The van der Waals surface area contributed by atoms with Crippen LogP contribution in [-0.4, -0.2) is 15.3 Å². The van der Waals surface area contributed by atoms with Gasteiger partial charge in [0.25, 0.3) is 5.91 Å². The summed E-state index contributed by atoms with van der Waals surface area (Å²) in [5.74, 6) is -0.727. The Hall–Kier alpha value is -3.61. The van der Waals surface area contributed by atoms with Gasteiger partial charge < -0.3 is 9.30 Å².